The summed E-state index contributed by atoms with van der Waals surface area (Å²) >= 11 is 0. The SMILES string of the molecule is CC/C=C\CCCCOC(CCC(=O)OCC(COC)N(CCCN(C)C)C(=O)CCCCCCCC)OCCCC/C=C\CC.CC/C=C\CCCCOC(CCC=O)OCCCC/C=C\CC. The number of carbonyl (C=O) groups excluding carboxylic acids is 3. The molecule has 0 bridgehead atoms. The van der Waals surface area contributed by atoms with E-state index in [0.717, 1.165) is 135 Å². The second-order valence-corrected chi connectivity index (χ2v) is 18.2. The molecule has 0 heterocycles. The Bertz CT molecular complexity index is 1180. The van der Waals surface area contributed by atoms with Gasteiger partial charge in [-0.05, 0) is 136 Å². The maximum Gasteiger partial charge on any atom is 0.306 e. The highest BCUT2D eigenvalue weighted by molar-refractivity contribution is 5.76. The van der Waals surface area contributed by atoms with E-state index in [1.807, 2.05) is 19.0 Å². The quantitative estimate of drug-likeness (QED) is 0.0192. The third kappa shape index (κ3) is 50.1. The van der Waals surface area contributed by atoms with E-state index in [1.165, 1.54) is 25.7 Å². The number of rotatable bonds is 50. The van der Waals surface area contributed by atoms with E-state index in [2.05, 4.69) is 88.1 Å². The average molecular weight is 978 g/mol. The van der Waals surface area contributed by atoms with Crippen LogP contribution in [0.25, 0.3) is 0 Å². The minimum atomic E-state index is -0.430. The smallest absolute Gasteiger partial charge is 0.306 e. The molecule has 0 saturated carbocycles. The zero-order valence-electron chi connectivity index (χ0n) is 46.0. The van der Waals surface area contributed by atoms with E-state index >= 15 is 0 Å². The molecule has 1 amide bonds. The summed E-state index contributed by atoms with van der Waals surface area (Å²) in [5, 5.41) is 0. The van der Waals surface area contributed by atoms with Gasteiger partial charge in [-0.2, -0.15) is 0 Å². The van der Waals surface area contributed by atoms with Gasteiger partial charge in [-0.25, -0.2) is 0 Å². The van der Waals surface area contributed by atoms with Gasteiger partial charge in [0.2, 0.25) is 5.91 Å². The lowest BCUT2D eigenvalue weighted by Gasteiger charge is -2.32. The molecule has 0 radical (unpaired) electrons. The highest BCUT2D eigenvalue weighted by Gasteiger charge is 2.25. The summed E-state index contributed by atoms with van der Waals surface area (Å²) in [7, 11) is 5.70. The Hall–Kier alpha value is -2.67. The molecule has 11 heteroatoms. The molecule has 0 aromatic heterocycles. The maximum absolute atomic E-state index is 13.4. The summed E-state index contributed by atoms with van der Waals surface area (Å²) in [5.74, 6) is -0.186. The lowest BCUT2D eigenvalue weighted by molar-refractivity contribution is -0.161. The first-order valence-corrected chi connectivity index (χ1v) is 27.8. The molecule has 0 fully saturated rings. The number of allylic oxidation sites excluding steroid dienone is 8. The van der Waals surface area contributed by atoms with Crippen LogP contribution in [0, 0.1) is 0 Å². The van der Waals surface area contributed by atoms with E-state index in [-0.39, 0.29) is 37.2 Å². The molecule has 1 unspecified atom stereocenters. The van der Waals surface area contributed by atoms with Gasteiger partial charge in [-0.15, -0.1) is 0 Å². The Morgan fingerprint density at radius 3 is 1.35 bits per heavy atom. The van der Waals surface area contributed by atoms with Crippen molar-refractivity contribution in [3.63, 3.8) is 0 Å². The number of hydrogen-bond donors (Lipinski definition) is 0. The number of hydrogen-bond acceptors (Lipinski definition) is 10. The number of nitrogens with zero attached hydrogens (tertiary/aromatic N) is 2. The fourth-order valence-corrected chi connectivity index (χ4v) is 7.27. The summed E-state index contributed by atoms with van der Waals surface area (Å²) in [6.07, 6.45) is 45.0. The second-order valence-electron chi connectivity index (χ2n) is 18.2. The molecule has 0 spiro atoms. The summed E-state index contributed by atoms with van der Waals surface area (Å²) < 4.78 is 34.9. The van der Waals surface area contributed by atoms with Crippen molar-refractivity contribution >= 4 is 18.2 Å². The molecule has 0 rings (SSSR count). The van der Waals surface area contributed by atoms with Gasteiger partial charge in [0.25, 0.3) is 0 Å². The number of carbonyl (C=O) groups is 3. The molecule has 0 aromatic rings. The normalized spacial score (nSPS) is 12.4. The first-order chi connectivity index (χ1) is 33.7. The van der Waals surface area contributed by atoms with Crippen molar-refractivity contribution in [3.8, 4) is 0 Å². The maximum atomic E-state index is 13.4. The fraction of sp³-hybridized carbons (Fsp3) is 0.810. The van der Waals surface area contributed by atoms with Crippen molar-refractivity contribution in [2.24, 2.45) is 0 Å². The number of esters is 1. The van der Waals surface area contributed by atoms with Crippen LogP contribution in [-0.4, -0.2) is 121 Å². The summed E-state index contributed by atoms with van der Waals surface area (Å²) in [6, 6.07) is -0.310. The molecule has 69 heavy (non-hydrogen) atoms. The Morgan fingerprint density at radius 1 is 0.478 bits per heavy atom. The Labute approximate surface area is 424 Å². The minimum absolute atomic E-state index is 0.115. The van der Waals surface area contributed by atoms with Crippen molar-refractivity contribution in [2.75, 3.05) is 73.9 Å². The summed E-state index contributed by atoms with van der Waals surface area (Å²) in [4.78, 5) is 40.8. The molecule has 0 aliphatic heterocycles. The number of methoxy groups -OCH3 is 1. The molecule has 0 aliphatic carbocycles. The lowest BCUT2D eigenvalue weighted by atomic mass is 10.1. The molecular weight excluding hydrogens is 869 g/mol. The first kappa shape index (κ1) is 68.4. The highest BCUT2D eigenvalue weighted by atomic mass is 16.7. The predicted octanol–water partition coefficient (Wildman–Crippen LogP) is 14.1. The Morgan fingerprint density at radius 2 is 0.928 bits per heavy atom. The molecule has 1 atom stereocenters. The fourth-order valence-electron chi connectivity index (χ4n) is 7.27. The number of ether oxygens (including phenoxy) is 6. The van der Waals surface area contributed by atoms with E-state index in [0.29, 0.717) is 65.3 Å². The number of unbranched alkanes of at least 4 members (excludes halogenated alkanes) is 13. The van der Waals surface area contributed by atoms with Crippen LogP contribution in [0.5, 0.6) is 0 Å². The first-order valence-electron chi connectivity index (χ1n) is 27.8. The third-order valence-electron chi connectivity index (χ3n) is 11.3. The molecule has 0 aromatic carbocycles. The topological polar surface area (TPSA) is 113 Å². The zero-order valence-corrected chi connectivity index (χ0v) is 46.0. The van der Waals surface area contributed by atoms with E-state index < -0.39 is 6.29 Å². The lowest BCUT2D eigenvalue weighted by Crippen LogP contribution is -2.47. The largest absolute Gasteiger partial charge is 0.463 e. The zero-order chi connectivity index (χ0) is 51.1. The van der Waals surface area contributed by atoms with Crippen LogP contribution < -0.4 is 0 Å². The van der Waals surface area contributed by atoms with Gasteiger partial charge in [0.15, 0.2) is 12.6 Å². The van der Waals surface area contributed by atoms with Gasteiger partial charge in [0, 0.05) is 65.8 Å². The van der Waals surface area contributed by atoms with Crippen LogP contribution in [0.3, 0.4) is 0 Å². The van der Waals surface area contributed by atoms with Crippen LogP contribution in [0.1, 0.15) is 214 Å². The van der Waals surface area contributed by atoms with Crippen LogP contribution in [0.2, 0.25) is 0 Å². The monoisotopic (exact) mass is 977 g/mol. The summed E-state index contributed by atoms with van der Waals surface area (Å²) in [6.45, 7) is 15.4. The van der Waals surface area contributed by atoms with E-state index in [1.54, 1.807) is 7.11 Å². The molecule has 0 saturated heterocycles. The molecule has 404 valence electrons. The van der Waals surface area contributed by atoms with Gasteiger partial charge in [-0.1, -0.05) is 115 Å². The van der Waals surface area contributed by atoms with Crippen molar-refractivity contribution < 1.29 is 42.8 Å². The van der Waals surface area contributed by atoms with Gasteiger partial charge in [0.1, 0.15) is 12.9 Å². The van der Waals surface area contributed by atoms with Crippen LogP contribution in [0.4, 0.5) is 0 Å². The van der Waals surface area contributed by atoms with Crippen molar-refractivity contribution in [3.05, 3.63) is 48.6 Å². The average Bonchev–Trinajstić information content (AvgIpc) is 3.34. The van der Waals surface area contributed by atoms with Crippen molar-refractivity contribution in [2.45, 2.75) is 233 Å². The highest BCUT2D eigenvalue weighted by Crippen LogP contribution is 2.15. The standard InChI is InChI=1S/C38H72N2O6.C20H36O3/c1-7-10-13-16-19-22-26-36(41)40(30-25-29-39(4)5)35(33-43-6)34-46-37(42)27-28-38(44-31-23-20-17-14-11-8-2)45-32-24-21-18-15-12-9-3;1-3-5-7-9-11-13-18-22-20(16-15-17-21)23-19-14-12-10-8-6-4-2/h11-12,14-15,35,38H,7-10,13,16-34H2,1-6H3;5-8,17,20H,3-4,9-16,18-19H2,1-2H3/b14-11-,15-12-;7-5-,8-6-. The minimum Gasteiger partial charge on any atom is -0.463 e. The Balaban J connectivity index is 0. The van der Waals surface area contributed by atoms with E-state index in [9.17, 15) is 14.4 Å². The van der Waals surface area contributed by atoms with Gasteiger partial charge < -0.3 is 43.0 Å². The number of amides is 1. The van der Waals surface area contributed by atoms with Crippen molar-refractivity contribution in [1.82, 2.24) is 9.80 Å². The van der Waals surface area contributed by atoms with Crippen molar-refractivity contribution in [1.29, 1.82) is 0 Å². The van der Waals surface area contributed by atoms with Gasteiger partial charge in [0.05, 0.1) is 19.1 Å². The number of aldehydes is 1. The molecular formula is C58H108N2O9. The van der Waals surface area contributed by atoms with Gasteiger partial charge >= 0.3 is 5.97 Å². The molecule has 0 aliphatic rings. The molecule has 11 nitrogen and oxygen atoms in total. The predicted molar refractivity (Wildman–Crippen MR) is 289 cm³/mol. The third-order valence-corrected chi connectivity index (χ3v) is 11.3. The Kier molecular flexibility index (Phi) is 55.8. The van der Waals surface area contributed by atoms with E-state index in [4.69, 9.17) is 28.4 Å². The second kappa shape index (κ2) is 56.2. The van der Waals surface area contributed by atoms with Crippen LogP contribution in [0.15, 0.2) is 48.6 Å². The molecule has 0 N–H and O–H groups in total. The van der Waals surface area contributed by atoms with Crippen LogP contribution >= 0.6 is 0 Å². The van der Waals surface area contributed by atoms with Gasteiger partial charge in [-0.3, -0.25) is 9.59 Å². The summed E-state index contributed by atoms with van der Waals surface area (Å²) in [5.41, 5.74) is 0. The van der Waals surface area contributed by atoms with Crippen LogP contribution in [-0.2, 0) is 42.8 Å².